The third-order valence-electron chi connectivity index (χ3n) is 6.35. The Balaban J connectivity index is 1.86. The molecule has 0 radical (unpaired) electrons. The van der Waals surface area contributed by atoms with Crippen LogP contribution in [0.15, 0.2) is 36.7 Å². The van der Waals surface area contributed by atoms with E-state index in [4.69, 9.17) is 21.3 Å². The van der Waals surface area contributed by atoms with E-state index >= 15 is 0 Å². The fraction of sp³-hybridized carbons (Fsp3) is 0.455. The molecule has 15 heteroatoms. The second-order valence-electron chi connectivity index (χ2n) is 8.79. The van der Waals surface area contributed by atoms with Crippen molar-refractivity contribution in [2.24, 2.45) is 17.4 Å². The molecule has 5 atom stereocenters. The molecule has 0 saturated carbocycles. The van der Waals surface area contributed by atoms with Gasteiger partial charge in [-0.25, -0.2) is 14.5 Å². The van der Waals surface area contributed by atoms with Gasteiger partial charge in [0.05, 0.1) is 19.3 Å². The largest absolute Gasteiger partial charge is 0.491 e. The molecule has 2 aliphatic heterocycles. The number of fused-ring (bicyclic) bond motifs is 4. The summed E-state index contributed by atoms with van der Waals surface area (Å²) in [5.41, 5.74) is 11.6. The summed E-state index contributed by atoms with van der Waals surface area (Å²) < 4.78 is 46.4. The second kappa shape index (κ2) is 9.99. The Bertz CT molecular complexity index is 1180. The first-order chi connectivity index (χ1) is 17.4. The fourth-order valence-electron chi connectivity index (χ4n) is 4.75. The lowest BCUT2D eigenvalue weighted by Crippen LogP contribution is -2.54. The van der Waals surface area contributed by atoms with Gasteiger partial charge >= 0.3 is 12.0 Å². The van der Waals surface area contributed by atoms with Crippen molar-refractivity contribution in [2.75, 3.05) is 29.6 Å². The third kappa shape index (κ3) is 4.97. The summed E-state index contributed by atoms with van der Waals surface area (Å²) in [6, 6.07) is 3.85. The maximum absolute atomic E-state index is 13.2. The zero-order valence-corrected chi connectivity index (χ0v) is 19.3. The minimum absolute atomic E-state index is 0.0794. The number of hydrogen-bond donors (Lipinski definition) is 5. The molecule has 2 aromatic heterocycles. The molecule has 4 rings (SSSR count). The van der Waals surface area contributed by atoms with Crippen LogP contribution in [0.1, 0.15) is 0 Å². The summed E-state index contributed by atoms with van der Waals surface area (Å²) in [6.45, 7) is -1.59. The SMILES string of the molecule is NC(=O)C1C(C(N)=O)N2C[C@H]1N(c1cc(OC[C@H](O)CO)ccn1)c1c2ccc[n+]1C[C@H](O)C(F)(F)F. The van der Waals surface area contributed by atoms with Crippen molar-refractivity contribution < 1.29 is 47.4 Å². The number of carbonyl (C=O) groups excluding carboxylic acids is 2. The maximum Gasteiger partial charge on any atom is 0.418 e. The Morgan fingerprint density at radius 3 is 2.59 bits per heavy atom. The fourth-order valence-corrected chi connectivity index (χ4v) is 4.75. The lowest BCUT2D eigenvalue weighted by atomic mass is 9.94. The number of hydrogen-bond acceptors (Lipinski definition) is 9. The Morgan fingerprint density at radius 2 is 1.97 bits per heavy atom. The van der Waals surface area contributed by atoms with Crippen molar-refractivity contribution in [3.05, 3.63) is 36.7 Å². The molecule has 2 aliphatic rings. The van der Waals surface area contributed by atoms with Gasteiger partial charge in [0.15, 0.2) is 6.10 Å². The number of aliphatic hydroxyl groups is 3. The van der Waals surface area contributed by atoms with E-state index in [9.17, 15) is 33.0 Å². The van der Waals surface area contributed by atoms with Gasteiger partial charge < -0.3 is 36.4 Å². The van der Waals surface area contributed by atoms with E-state index in [1.165, 1.54) is 40.4 Å². The van der Waals surface area contributed by atoms with Crippen LogP contribution < -0.4 is 30.6 Å². The van der Waals surface area contributed by atoms with Crippen LogP contribution in [0.25, 0.3) is 0 Å². The van der Waals surface area contributed by atoms with E-state index in [2.05, 4.69) is 4.98 Å². The van der Waals surface area contributed by atoms with Gasteiger partial charge in [-0.2, -0.15) is 13.2 Å². The van der Waals surface area contributed by atoms with Gasteiger partial charge in [0.25, 0.3) is 0 Å². The molecule has 2 aromatic rings. The number of alkyl halides is 3. The summed E-state index contributed by atoms with van der Waals surface area (Å²) in [6.07, 6.45) is -6.10. The van der Waals surface area contributed by atoms with E-state index in [0.29, 0.717) is 0 Å². The van der Waals surface area contributed by atoms with Gasteiger partial charge in [-0.15, -0.1) is 0 Å². The van der Waals surface area contributed by atoms with Gasteiger partial charge in [-0.05, 0) is 18.2 Å². The molecule has 12 nitrogen and oxygen atoms in total. The number of nitrogens with two attached hydrogens (primary N) is 2. The molecule has 7 N–H and O–H groups in total. The first kappa shape index (κ1) is 26.4. The summed E-state index contributed by atoms with van der Waals surface area (Å²) in [4.78, 5) is 32.2. The summed E-state index contributed by atoms with van der Waals surface area (Å²) in [5, 5.41) is 28.4. The van der Waals surface area contributed by atoms with Crippen LogP contribution in [0.4, 0.5) is 30.5 Å². The van der Waals surface area contributed by atoms with E-state index < -0.39 is 61.4 Å². The highest BCUT2D eigenvalue weighted by atomic mass is 19.4. The quantitative estimate of drug-likeness (QED) is 0.238. The number of aromatic nitrogens is 2. The number of primary amides is 2. The van der Waals surface area contributed by atoms with Gasteiger partial charge in [0.2, 0.25) is 17.6 Å². The Labute approximate surface area is 208 Å². The van der Waals surface area contributed by atoms with E-state index in [1.807, 2.05) is 0 Å². The number of amides is 2. The lowest BCUT2D eigenvalue weighted by Gasteiger charge is -2.33. The average Bonchev–Trinajstić information content (AvgIpc) is 3.18. The van der Waals surface area contributed by atoms with Crippen molar-refractivity contribution in [2.45, 2.75) is 37.0 Å². The van der Waals surface area contributed by atoms with Crippen LogP contribution in [0.2, 0.25) is 0 Å². The monoisotopic (exact) mass is 527 g/mol. The molecule has 37 heavy (non-hydrogen) atoms. The Hall–Kier alpha value is -3.69. The summed E-state index contributed by atoms with van der Waals surface area (Å²) in [7, 11) is 0. The molecule has 1 saturated heterocycles. The van der Waals surface area contributed by atoms with Crippen molar-refractivity contribution in [3.63, 3.8) is 0 Å². The molecule has 0 aliphatic carbocycles. The van der Waals surface area contributed by atoms with E-state index in [-0.39, 0.29) is 36.2 Å². The number of pyridine rings is 2. The number of halogens is 3. The second-order valence-corrected chi connectivity index (χ2v) is 8.79. The van der Waals surface area contributed by atoms with Crippen molar-refractivity contribution in [1.29, 1.82) is 0 Å². The zero-order valence-electron chi connectivity index (χ0n) is 19.3. The molecular weight excluding hydrogens is 501 g/mol. The van der Waals surface area contributed by atoms with Crippen LogP contribution in [0, 0.1) is 5.92 Å². The first-order valence-corrected chi connectivity index (χ1v) is 11.2. The standard InChI is InChI=1S/C22H25F3N6O6/c23-22(24,25)15(34)8-29-5-1-2-13-21(29)31(14-7-30(13)18(20(27)36)17(14)19(26)35)16-6-12(3-4-28-16)37-10-11(33)9-32/h1-6,11,14-15,17-18,32-34H,7-10H2,(H3-,26,27,35,36)/p+1/t11-,14-,15+,17?,18?/m1/s1. The molecule has 2 bridgehead atoms. The van der Waals surface area contributed by atoms with E-state index in [1.54, 1.807) is 6.07 Å². The Kier molecular flexibility index (Phi) is 7.12. The van der Waals surface area contributed by atoms with Crippen molar-refractivity contribution in [1.82, 2.24) is 4.98 Å². The Morgan fingerprint density at radius 1 is 1.24 bits per heavy atom. The van der Waals surface area contributed by atoms with Gasteiger partial charge in [0, 0.05) is 12.3 Å². The first-order valence-electron chi connectivity index (χ1n) is 11.2. The summed E-state index contributed by atoms with van der Waals surface area (Å²) >= 11 is 0. The highest BCUT2D eigenvalue weighted by Gasteiger charge is 2.59. The van der Waals surface area contributed by atoms with Crippen LogP contribution in [-0.2, 0) is 16.1 Å². The summed E-state index contributed by atoms with van der Waals surface area (Å²) in [5.74, 6) is -2.35. The maximum atomic E-state index is 13.2. The number of ether oxygens (including phenoxy) is 1. The normalized spacial score (nSPS) is 22.4. The molecule has 0 aromatic carbocycles. The molecule has 4 heterocycles. The predicted octanol–water partition coefficient (Wildman–Crippen LogP) is -1.68. The lowest BCUT2D eigenvalue weighted by molar-refractivity contribution is -0.695. The number of anilines is 3. The van der Waals surface area contributed by atoms with Crippen molar-refractivity contribution in [3.8, 4) is 5.75 Å². The molecular formula is C22H26F3N6O6+. The van der Waals surface area contributed by atoms with Gasteiger partial charge in [-0.3, -0.25) is 9.59 Å². The molecule has 1 fully saturated rings. The van der Waals surface area contributed by atoms with Crippen LogP contribution in [-0.4, -0.2) is 82.3 Å². The van der Waals surface area contributed by atoms with Gasteiger partial charge in [-0.1, -0.05) is 0 Å². The molecule has 200 valence electrons. The predicted molar refractivity (Wildman–Crippen MR) is 120 cm³/mol. The van der Waals surface area contributed by atoms with Crippen LogP contribution in [0.5, 0.6) is 5.75 Å². The third-order valence-corrected chi connectivity index (χ3v) is 6.35. The molecule has 2 amide bonds. The number of carbonyl (C=O) groups is 2. The highest BCUT2D eigenvalue weighted by Crippen LogP contribution is 2.46. The smallest absolute Gasteiger partial charge is 0.418 e. The highest BCUT2D eigenvalue weighted by molar-refractivity contribution is 5.96. The molecule has 0 spiro atoms. The number of rotatable bonds is 9. The van der Waals surface area contributed by atoms with Crippen LogP contribution >= 0.6 is 0 Å². The van der Waals surface area contributed by atoms with Gasteiger partial charge in [0.1, 0.15) is 48.7 Å². The topological polar surface area (TPSA) is 179 Å². The number of nitrogens with zero attached hydrogens (tertiary/aromatic N) is 4. The minimum atomic E-state index is -4.90. The zero-order chi connectivity index (χ0) is 27.1. The van der Waals surface area contributed by atoms with Crippen molar-refractivity contribution >= 4 is 29.1 Å². The minimum Gasteiger partial charge on any atom is -0.491 e. The van der Waals surface area contributed by atoms with E-state index in [0.717, 1.165) is 4.57 Å². The average molecular weight is 527 g/mol. The van der Waals surface area contributed by atoms with Crippen LogP contribution in [0.3, 0.4) is 0 Å². The molecule has 2 unspecified atom stereocenters. The number of aliphatic hydroxyl groups excluding tert-OH is 3.